The lowest BCUT2D eigenvalue weighted by molar-refractivity contribution is -0.139. The van der Waals surface area contributed by atoms with Crippen LogP contribution >= 0.6 is 0 Å². The maximum Gasteiger partial charge on any atom is 0.320 e. The highest BCUT2D eigenvalue weighted by Crippen LogP contribution is 2.62. The molecule has 2 aliphatic carbocycles. The van der Waals surface area contributed by atoms with Gasteiger partial charge in [0.2, 0.25) is 0 Å². The van der Waals surface area contributed by atoms with Crippen LogP contribution in [0.2, 0.25) is 0 Å². The third kappa shape index (κ3) is 1.56. The molecule has 2 aliphatic rings. The van der Waals surface area contributed by atoms with Crippen molar-refractivity contribution in [3.05, 3.63) is 0 Å². The molecular weight excluding hydrogens is 202 g/mol. The Hall–Kier alpha value is -0.570. The number of hydrogen-bond acceptors (Lipinski definition) is 2. The van der Waals surface area contributed by atoms with Gasteiger partial charge in [0.1, 0.15) is 6.04 Å². The molecule has 0 aromatic rings. The number of carbonyl (C=O) groups is 1. The molecular formula is C13H23NO2. The number of nitrogens with one attached hydrogen (secondary N) is 1. The van der Waals surface area contributed by atoms with Crippen molar-refractivity contribution in [1.82, 2.24) is 5.32 Å². The van der Waals surface area contributed by atoms with Crippen LogP contribution in [0.15, 0.2) is 0 Å². The van der Waals surface area contributed by atoms with E-state index < -0.39 is 12.0 Å². The normalized spacial score (nSPS) is 42.2. The summed E-state index contributed by atoms with van der Waals surface area (Å²) in [5, 5.41) is 12.3. The summed E-state index contributed by atoms with van der Waals surface area (Å²) >= 11 is 0. The summed E-state index contributed by atoms with van der Waals surface area (Å²) in [6.45, 7) is 8.63. The van der Waals surface area contributed by atoms with Gasteiger partial charge in [-0.2, -0.15) is 0 Å². The van der Waals surface area contributed by atoms with E-state index in [-0.39, 0.29) is 5.41 Å². The number of carboxylic acids is 1. The molecule has 2 fully saturated rings. The quantitative estimate of drug-likeness (QED) is 0.774. The molecule has 4 unspecified atom stereocenters. The van der Waals surface area contributed by atoms with Gasteiger partial charge < -0.3 is 10.4 Å². The third-order valence-corrected chi connectivity index (χ3v) is 5.06. The predicted octanol–water partition coefficient (Wildman–Crippen LogP) is 2.26. The second kappa shape index (κ2) is 3.46. The Labute approximate surface area is 97.6 Å². The van der Waals surface area contributed by atoms with Crippen LogP contribution in [-0.4, -0.2) is 23.2 Å². The second-order valence-corrected chi connectivity index (χ2v) is 6.57. The zero-order chi connectivity index (χ0) is 12.1. The van der Waals surface area contributed by atoms with Gasteiger partial charge in [-0.05, 0) is 42.9 Å². The van der Waals surface area contributed by atoms with Gasteiger partial charge in [-0.25, -0.2) is 0 Å². The molecule has 0 radical (unpaired) electrons. The van der Waals surface area contributed by atoms with Gasteiger partial charge in [0.15, 0.2) is 0 Å². The molecule has 4 atom stereocenters. The van der Waals surface area contributed by atoms with Gasteiger partial charge in [-0.15, -0.1) is 0 Å². The standard InChI is InChI=1S/C13H23NO2/c1-8(10(15)16)14-11-12(2,3)9-5-6-13(11,4)7-9/h8-9,11,14H,5-7H2,1-4H3,(H,15,16). The zero-order valence-electron chi connectivity index (χ0n) is 10.7. The Morgan fingerprint density at radius 2 is 2.06 bits per heavy atom. The van der Waals surface area contributed by atoms with Crippen LogP contribution in [0.25, 0.3) is 0 Å². The maximum atomic E-state index is 10.9. The monoisotopic (exact) mass is 225 g/mol. The average Bonchev–Trinajstić information content (AvgIpc) is 2.63. The molecule has 0 aliphatic heterocycles. The topological polar surface area (TPSA) is 49.3 Å². The van der Waals surface area contributed by atoms with E-state index in [4.69, 9.17) is 5.11 Å². The van der Waals surface area contributed by atoms with Crippen molar-refractivity contribution >= 4 is 5.97 Å². The fraction of sp³-hybridized carbons (Fsp3) is 0.923. The SMILES string of the molecule is CC(NC1C2(C)CCC(C2)C1(C)C)C(=O)O. The first kappa shape index (κ1) is 11.9. The summed E-state index contributed by atoms with van der Waals surface area (Å²) in [5.41, 5.74) is 0.536. The molecule has 3 nitrogen and oxygen atoms in total. The lowest BCUT2D eigenvalue weighted by atomic mass is 9.68. The summed E-state index contributed by atoms with van der Waals surface area (Å²) in [5.74, 6) is 0.0122. The summed E-state index contributed by atoms with van der Waals surface area (Å²) in [6, 6.07) is -0.106. The van der Waals surface area contributed by atoms with Crippen molar-refractivity contribution in [1.29, 1.82) is 0 Å². The number of hydrogen-bond donors (Lipinski definition) is 2. The average molecular weight is 225 g/mol. The summed E-state index contributed by atoms with van der Waals surface area (Å²) < 4.78 is 0. The molecule has 0 aromatic heterocycles. The molecule has 16 heavy (non-hydrogen) atoms. The van der Waals surface area contributed by atoms with Crippen molar-refractivity contribution in [2.45, 2.75) is 59.0 Å². The van der Waals surface area contributed by atoms with Crippen molar-refractivity contribution in [3.63, 3.8) is 0 Å². The molecule has 3 heteroatoms. The van der Waals surface area contributed by atoms with Gasteiger partial charge >= 0.3 is 5.97 Å². The van der Waals surface area contributed by atoms with E-state index >= 15 is 0 Å². The van der Waals surface area contributed by atoms with Crippen molar-refractivity contribution in [2.75, 3.05) is 0 Å². The molecule has 2 rings (SSSR count). The first-order valence-corrected chi connectivity index (χ1v) is 6.26. The van der Waals surface area contributed by atoms with Crippen molar-refractivity contribution < 1.29 is 9.90 Å². The van der Waals surface area contributed by atoms with E-state index in [0.29, 0.717) is 11.5 Å². The smallest absolute Gasteiger partial charge is 0.320 e. The fourth-order valence-electron chi connectivity index (χ4n) is 4.04. The van der Waals surface area contributed by atoms with Gasteiger partial charge in [0.05, 0.1) is 0 Å². The number of rotatable bonds is 3. The Bertz CT molecular complexity index is 308. The van der Waals surface area contributed by atoms with Crippen LogP contribution in [0.4, 0.5) is 0 Å². The Kier molecular flexibility index (Phi) is 2.57. The molecule has 2 bridgehead atoms. The minimum absolute atomic E-state index is 0.233. The van der Waals surface area contributed by atoms with Gasteiger partial charge in [-0.1, -0.05) is 20.8 Å². The molecule has 2 N–H and O–H groups in total. The lowest BCUT2D eigenvalue weighted by Gasteiger charge is -2.44. The Morgan fingerprint density at radius 3 is 2.50 bits per heavy atom. The van der Waals surface area contributed by atoms with Crippen LogP contribution in [0.3, 0.4) is 0 Å². The largest absolute Gasteiger partial charge is 0.480 e. The zero-order valence-corrected chi connectivity index (χ0v) is 10.7. The van der Waals surface area contributed by atoms with Crippen molar-refractivity contribution in [2.24, 2.45) is 16.7 Å². The van der Waals surface area contributed by atoms with Crippen LogP contribution in [0, 0.1) is 16.7 Å². The van der Waals surface area contributed by atoms with E-state index in [1.807, 2.05) is 0 Å². The highest BCUT2D eigenvalue weighted by molar-refractivity contribution is 5.72. The lowest BCUT2D eigenvalue weighted by Crippen LogP contribution is -2.54. The summed E-state index contributed by atoms with van der Waals surface area (Å²) in [4.78, 5) is 10.9. The molecule has 0 amide bonds. The molecule has 0 spiro atoms. The van der Waals surface area contributed by atoms with Crippen LogP contribution < -0.4 is 5.32 Å². The molecule has 2 saturated carbocycles. The highest BCUT2D eigenvalue weighted by Gasteiger charge is 2.59. The van der Waals surface area contributed by atoms with Gasteiger partial charge in [0.25, 0.3) is 0 Å². The molecule has 0 aromatic carbocycles. The van der Waals surface area contributed by atoms with Crippen LogP contribution in [0.5, 0.6) is 0 Å². The first-order chi connectivity index (χ1) is 7.27. The molecule has 92 valence electrons. The first-order valence-electron chi connectivity index (χ1n) is 6.26. The molecule has 0 saturated heterocycles. The summed E-state index contributed by atoms with van der Waals surface area (Å²) in [6.07, 6.45) is 3.80. The number of fused-ring (bicyclic) bond motifs is 2. The second-order valence-electron chi connectivity index (χ2n) is 6.57. The van der Waals surface area contributed by atoms with Gasteiger partial charge in [-0.3, -0.25) is 4.79 Å². The minimum atomic E-state index is -0.748. The van der Waals surface area contributed by atoms with E-state index in [9.17, 15) is 4.79 Å². The number of carboxylic acid groups (broad SMARTS) is 1. The van der Waals surface area contributed by atoms with E-state index in [2.05, 4.69) is 26.1 Å². The Morgan fingerprint density at radius 1 is 1.44 bits per heavy atom. The fourth-order valence-corrected chi connectivity index (χ4v) is 4.04. The molecule has 0 heterocycles. The maximum absolute atomic E-state index is 10.9. The third-order valence-electron chi connectivity index (χ3n) is 5.06. The predicted molar refractivity (Wildman–Crippen MR) is 63.3 cm³/mol. The van der Waals surface area contributed by atoms with Crippen LogP contribution in [0.1, 0.15) is 47.0 Å². The Balaban J connectivity index is 2.17. The minimum Gasteiger partial charge on any atom is -0.480 e. The number of aliphatic carboxylic acids is 1. The van der Waals surface area contributed by atoms with E-state index in [1.54, 1.807) is 6.92 Å². The van der Waals surface area contributed by atoms with Crippen molar-refractivity contribution in [3.8, 4) is 0 Å². The van der Waals surface area contributed by atoms with Gasteiger partial charge in [0, 0.05) is 6.04 Å². The highest BCUT2D eigenvalue weighted by atomic mass is 16.4. The summed E-state index contributed by atoms with van der Waals surface area (Å²) in [7, 11) is 0. The van der Waals surface area contributed by atoms with E-state index in [0.717, 1.165) is 5.92 Å². The van der Waals surface area contributed by atoms with E-state index in [1.165, 1.54) is 19.3 Å². The van der Waals surface area contributed by atoms with Crippen LogP contribution in [-0.2, 0) is 4.79 Å².